The van der Waals surface area contributed by atoms with E-state index in [1.54, 1.807) is 0 Å². The van der Waals surface area contributed by atoms with Gasteiger partial charge in [0.15, 0.2) is 5.78 Å². The molecule has 0 radical (unpaired) electrons. The third-order valence-corrected chi connectivity index (χ3v) is 5.02. The summed E-state index contributed by atoms with van der Waals surface area (Å²) >= 11 is 3.39. The van der Waals surface area contributed by atoms with Gasteiger partial charge in [0, 0.05) is 11.8 Å². The topological polar surface area (TPSA) is 17.1 Å². The summed E-state index contributed by atoms with van der Waals surface area (Å²) < 4.78 is 0. The average Bonchev–Trinajstić information content (AvgIpc) is 2.26. The van der Waals surface area contributed by atoms with Gasteiger partial charge in [0.25, 0.3) is 0 Å². The van der Waals surface area contributed by atoms with Crippen LogP contribution in [0.25, 0.3) is 0 Å². The number of carbonyl (C=O) groups is 1. The van der Waals surface area contributed by atoms with Crippen molar-refractivity contribution in [1.82, 2.24) is 0 Å². The minimum atomic E-state index is 0.0251. The van der Waals surface area contributed by atoms with Gasteiger partial charge in [0.1, 0.15) is 0 Å². The predicted molar refractivity (Wildman–Crippen MR) is 75.0 cm³/mol. The van der Waals surface area contributed by atoms with Crippen LogP contribution in [0.2, 0.25) is 0 Å². The van der Waals surface area contributed by atoms with Crippen LogP contribution < -0.4 is 0 Å². The maximum absolute atomic E-state index is 11.7. The van der Waals surface area contributed by atoms with E-state index in [2.05, 4.69) is 48.9 Å². The lowest BCUT2D eigenvalue weighted by Gasteiger charge is -2.50. The molecule has 92 valence electrons. The fourth-order valence-corrected chi connectivity index (χ4v) is 3.67. The van der Waals surface area contributed by atoms with Crippen molar-refractivity contribution in [3.05, 3.63) is 34.4 Å². The van der Waals surface area contributed by atoms with E-state index in [0.717, 1.165) is 12.8 Å². The molecule has 0 bridgehead atoms. The molecule has 1 spiro atoms. The van der Waals surface area contributed by atoms with Crippen molar-refractivity contribution in [3.63, 3.8) is 0 Å². The molecule has 2 rings (SSSR count). The Hall–Kier alpha value is -0.630. The molecular formula is C15H19BrO. The molecule has 2 aliphatic carbocycles. The summed E-state index contributed by atoms with van der Waals surface area (Å²) in [4.78, 5) is 13.7. The zero-order valence-electron chi connectivity index (χ0n) is 10.7. The third kappa shape index (κ3) is 1.97. The van der Waals surface area contributed by atoms with Crippen LogP contribution in [0.1, 0.15) is 40.0 Å². The van der Waals surface area contributed by atoms with E-state index in [1.807, 2.05) is 11.1 Å². The van der Waals surface area contributed by atoms with Crippen LogP contribution in [-0.4, -0.2) is 5.78 Å². The minimum absolute atomic E-state index is 0.0251. The van der Waals surface area contributed by atoms with E-state index in [0.29, 0.717) is 6.42 Å². The van der Waals surface area contributed by atoms with Gasteiger partial charge >= 0.3 is 0 Å². The fraction of sp³-hybridized carbons (Fsp3) is 0.533. The Morgan fingerprint density at radius 3 is 2.59 bits per heavy atom. The Kier molecular flexibility index (Phi) is 3.19. The standard InChI is InChI=1S/C15H19BrO/c1-11-8-13(17)9-14(2,3)15(11)6-4-12(10-16)5-7-15/h4,6,8,10H,5,7,9H2,1-3H3/b12-10+/t15-/m0/s1. The monoisotopic (exact) mass is 294 g/mol. The van der Waals surface area contributed by atoms with Gasteiger partial charge in [-0.3, -0.25) is 4.79 Å². The van der Waals surface area contributed by atoms with Gasteiger partial charge in [-0.15, -0.1) is 0 Å². The normalized spacial score (nSPS) is 34.2. The van der Waals surface area contributed by atoms with Crippen LogP contribution >= 0.6 is 15.9 Å². The van der Waals surface area contributed by atoms with Gasteiger partial charge in [0.2, 0.25) is 0 Å². The minimum Gasteiger partial charge on any atom is -0.295 e. The molecule has 0 N–H and O–H groups in total. The second-order valence-electron chi connectivity index (χ2n) is 5.84. The summed E-state index contributed by atoms with van der Waals surface area (Å²) in [5.41, 5.74) is 2.65. The van der Waals surface area contributed by atoms with Crippen molar-refractivity contribution in [2.75, 3.05) is 0 Å². The molecule has 2 aliphatic rings. The number of carbonyl (C=O) groups excluding carboxylic acids is 1. The van der Waals surface area contributed by atoms with Gasteiger partial charge in [-0.2, -0.15) is 0 Å². The first-order valence-electron chi connectivity index (χ1n) is 6.11. The van der Waals surface area contributed by atoms with Gasteiger partial charge in [0.05, 0.1) is 0 Å². The van der Waals surface area contributed by atoms with Crippen LogP contribution in [0.5, 0.6) is 0 Å². The first-order chi connectivity index (χ1) is 7.91. The Bertz CT molecular complexity index is 440. The molecule has 0 heterocycles. The Morgan fingerprint density at radius 1 is 1.41 bits per heavy atom. The van der Waals surface area contributed by atoms with Crippen LogP contribution in [0, 0.1) is 10.8 Å². The molecule has 0 saturated heterocycles. The number of halogens is 1. The van der Waals surface area contributed by atoms with Crippen molar-refractivity contribution in [2.45, 2.75) is 40.0 Å². The second-order valence-corrected chi connectivity index (χ2v) is 6.30. The molecule has 0 aromatic heterocycles. The maximum Gasteiger partial charge on any atom is 0.156 e. The van der Waals surface area contributed by atoms with Crippen molar-refractivity contribution in [2.24, 2.45) is 10.8 Å². The lowest BCUT2D eigenvalue weighted by molar-refractivity contribution is -0.118. The van der Waals surface area contributed by atoms with E-state index in [9.17, 15) is 4.79 Å². The number of allylic oxidation sites excluding steroid dienone is 5. The van der Waals surface area contributed by atoms with Crippen molar-refractivity contribution in [1.29, 1.82) is 0 Å². The van der Waals surface area contributed by atoms with Crippen LogP contribution in [0.3, 0.4) is 0 Å². The van der Waals surface area contributed by atoms with E-state index in [-0.39, 0.29) is 16.6 Å². The van der Waals surface area contributed by atoms with Crippen molar-refractivity contribution < 1.29 is 4.79 Å². The summed E-state index contributed by atoms with van der Waals surface area (Å²) in [5.74, 6) is 0.272. The molecule has 0 fully saturated rings. The van der Waals surface area contributed by atoms with Gasteiger partial charge in [-0.25, -0.2) is 0 Å². The van der Waals surface area contributed by atoms with E-state index >= 15 is 0 Å². The fourth-order valence-electron chi connectivity index (χ4n) is 3.29. The zero-order chi connectivity index (χ0) is 12.7. The van der Waals surface area contributed by atoms with E-state index < -0.39 is 0 Å². The highest BCUT2D eigenvalue weighted by Crippen LogP contribution is 2.56. The summed E-state index contributed by atoms with van der Waals surface area (Å²) in [6.07, 6.45) is 9.18. The second kappa shape index (κ2) is 4.24. The molecule has 1 nitrogen and oxygen atoms in total. The number of rotatable bonds is 0. The summed E-state index contributed by atoms with van der Waals surface area (Å²) in [6.45, 7) is 6.54. The molecular weight excluding hydrogens is 276 g/mol. The lowest BCUT2D eigenvalue weighted by atomic mass is 9.54. The molecule has 0 aromatic rings. The average molecular weight is 295 g/mol. The highest BCUT2D eigenvalue weighted by molar-refractivity contribution is 9.11. The molecule has 0 amide bonds. The highest BCUT2D eigenvalue weighted by Gasteiger charge is 2.48. The smallest absolute Gasteiger partial charge is 0.156 e. The van der Waals surface area contributed by atoms with Gasteiger partial charge < -0.3 is 0 Å². The van der Waals surface area contributed by atoms with E-state index in [1.165, 1.54) is 11.1 Å². The van der Waals surface area contributed by atoms with Crippen LogP contribution in [-0.2, 0) is 4.79 Å². The van der Waals surface area contributed by atoms with Crippen molar-refractivity contribution >= 4 is 21.7 Å². The first kappa shape index (κ1) is 12.8. The number of hydrogen-bond donors (Lipinski definition) is 0. The zero-order valence-corrected chi connectivity index (χ0v) is 12.3. The highest BCUT2D eigenvalue weighted by atomic mass is 79.9. The number of ketones is 1. The Morgan fingerprint density at radius 2 is 2.12 bits per heavy atom. The molecule has 0 aromatic carbocycles. The molecule has 17 heavy (non-hydrogen) atoms. The summed E-state index contributed by atoms with van der Waals surface area (Å²) in [5, 5.41) is 0. The van der Waals surface area contributed by atoms with Gasteiger partial charge in [-0.1, -0.05) is 47.5 Å². The first-order valence-corrected chi connectivity index (χ1v) is 7.03. The lowest BCUT2D eigenvalue weighted by Crippen LogP contribution is -2.43. The van der Waals surface area contributed by atoms with E-state index in [4.69, 9.17) is 0 Å². The third-order valence-electron chi connectivity index (χ3n) is 4.44. The molecule has 0 aliphatic heterocycles. The number of hydrogen-bond acceptors (Lipinski definition) is 1. The Labute approximate surface area is 112 Å². The van der Waals surface area contributed by atoms with Gasteiger partial charge in [-0.05, 0) is 41.8 Å². The quantitative estimate of drug-likeness (QED) is 0.641. The molecule has 2 heteroatoms. The molecule has 0 unspecified atom stereocenters. The largest absolute Gasteiger partial charge is 0.295 e. The van der Waals surface area contributed by atoms with Crippen LogP contribution in [0.15, 0.2) is 34.4 Å². The molecule has 1 atom stereocenters. The predicted octanol–water partition coefficient (Wildman–Crippen LogP) is 4.55. The Balaban J connectivity index is 2.49. The van der Waals surface area contributed by atoms with Crippen molar-refractivity contribution in [3.8, 4) is 0 Å². The maximum atomic E-state index is 11.7. The van der Waals surface area contributed by atoms with Crippen LogP contribution in [0.4, 0.5) is 0 Å². The summed E-state index contributed by atoms with van der Waals surface area (Å²) in [7, 11) is 0. The SMILES string of the molecule is CC1=CC(=O)CC(C)(C)[C@]12C=C/C(=C\Br)CC2. The molecule has 0 saturated carbocycles. The summed E-state index contributed by atoms with van der Waals surface area (Å²) in [6, 6.07) is 0.